The van der Waals surface area contributed by atoms with E-state index in [0.29, 0.717) is 6.42 Å². The average Bonchev–Trinajstić information content (AvgIpc) is 2.45. The van der Waals surface area contributed by atoms with Crippen molar-refractivity contribution in [2.75, 3.05) is 7.11 Å². The summed E-state index contributed by atoms with van der Waals surface area (Å²) in [5, 5.41) is 12.5. The molecule has 4 heteroatoms. The van der Waals surface area contributed by atoms with Crippen LogP contribution in [0.2, 0.25) is 0 Å². The second kappa shape index (κ2) is 6.75. The Morgan fingerprint density at radius 2 is 2.35 bits per heavy atom. The maximum atomic E-state index is 11.2. The smallest absolute Gasteiger partial charge is 0.320 e. The Balaban J connectivity index is 2.05. The highest BCUT2D eigenvalue weighted by atomic mass is 16.5. The van der Waals surface area contributed by atoms with Crippen molar-refractivity contribution in [2.45, 2.75) is 51.1 Å². The molecule has 0 saturated carbocycles. The fraction of sp³-hybridized carbons (Fsp3) is 0.562. The third-order valence-corrected chi connectivity index (χ3v) is 3.97. The highest BCUT2D eigenvalue weighted by Crippen LogP contribution is 2.29. The second-order valence-electron chi connectivity index (χ2n) is 5.38. The summed E-state index contributed by atoms with van der Waals surface area (Å²) in [5.74, 6) is 0.201. The first-order valence-corrected chi connectivity index (χ1v) is 7.29. The van der Waals surface area contributed by atoms with Crippen molar-refractivity contribution in [1.82, 2.24) is 5.32 Å². The van der Waals surface area contributed by atoms with E-state index in [2.05, 4.69) is 11.4 Å². The number of rotatable bonds is 6. The molecule has 0 fully saturated rings. The van der Waals surface area contributed by atoms with E-state index >= 15 is 0 Å². The summed E-state index contributed by atoms with van der Waals surface area (Å²) in [4.78, 5) is 11.2. The molecule has 0 aromatic heterocycles. The summed E-state index contributed by atoms with van der Waals surface area (Å²) in [7, 11) is 1.70. The molecule has 2 atom stereocenters. The number of hydrogen-bond donors (Lipinski definition) is 2. The topological polar surface area (TPSA) is 58.6 Å². The van der Waals surface area contributed by atoms with Crippen molar-refractivity contribution in [3.63, 3.8) is 0 Å². The molecule has 110 valence electrons. The predicted molar refractivity (Wildman–Crippen MR) is 78.3 cm³/mol. The summed E-state index contributed by atoms with van der Waals surface area (Å²) >= 11 is 0. The van der Waals surface area contributed by atoms with E-state index in [1.165, 1.54) is 11.1 Å². The molecule has 1 aromatic rings. The maximum Gasteiger partial charge on any atom is 0.320 e. The zero-order chi connectivity index (χ0) is 14.5. The van der Waals surface area contributed by atoms with E-state index in [9.17, 15) is 9.90 Å². The van der Waals surface area contributed by atoms with Gasteiger partial charge in [0.05, 0.1) is 7.11 Å². The molecule has 0 bridgehead atoms. The summed E-state index contributed by atoms with van der Waals surface area (Å²) in [6.07, 6.45) is 4.33. The van der Waals surface area contributed by atoms with Crippen molar-refractivity contribution in [3.8, 4) is 5.75 Å². The van der Waals surface area contributed by atoms with Gasteiger partial charge in [-0.3, -0.25) is 4.79 Å². The number of benzene rings is 1. The van der Waals surface area contributed by atoms with E-state index in [-0.39, 0.29) is 6.04 Å². The zero-order valence-electron chi connectivity index (χ0n) is 12.2. The first-order chi connectivity index (χ1) is 9.65. The van der Waals surface area contributed by atoms with E-state index in [1.54, 1.807) is 7.11 Å². The molecular weight excluding hydrogens is 254 g/mol. The first kappa shape index (κ1) is 14.9. The minimum absolute atomic E-state index is 0.238. The number of aliphatic carboxylic acids is 1. The monoisotopic (exact) mass is 277 g/mol. The second-order valence-corrected chi connectivity index (χ2v) is 5.38. The van der Waals surface area contributed by atoms with Crippen LogP contribution in [0.3, 0.4) is 0 Å². The number of carboxylic acids is 1. The van der Waals surface area contributed by atoms with Gasteiger partial charge in [0.1, 0.15) is 11.8 Å². The lowest BCUT2D eigenvalue weighted by molar-refractivity contribution is -0.139. The van der Waals surface area contributed by atoms with Crippen LogP contribution in [0.15, 0.2) is 18.2 Å². The molecule has 0 aliphatic heterocycles. The molecule has 0 amide bonds. The number of hydrogen-bond acceptors (Lipinski definition) is 3. The van der Waals surface area contributed by atoms with Gasteiger partial charge in [-0.05, 0) is 42.9 Å². The average molecular weight is 277 g/mol. The minimum atomic E-state index is -0.747. The number of fused-ring (bicyclic) bond motifs is 1. The molecule has 4 nitrogen and oxygen atoms in total. The molecular formula is C16H23NO3. The van der Waals surface area contributed by atoms with Gasteiger partial charge in [-0.1, -0.05) is 25.5 Å². The Hall–Kier alpha value is -1.55. The van der Waals surface area contributed by atoms with Gasteiger partial charge in [-0.15, -0.1) is 0 Å². The van der Waals surface area contributed by atoms with E-state index in [4.69, 9.17) is 4.74 Å². The van der Waals surface area contributed by atoms with E-state index in [1.807, 2.05) is 19.1 Å². The largest absolute Gasteiger partial charge is 0.496 e. The van der Waals surface area contributed by atoms with Crippen molar-refractivity contribution in [2.24, 2.45) is 0 Å². The summed E-state index contributed by atoms with van der Waals surface area (Å²) in [6, 6.07) is 5.91. The quantitative estimate of drug-likeness (QED) is 0.838. The van der Waals surface area contributed by atoms with Gasteiger partial charge >= 0.3 is 5.97 Å². The van der Waals surface area contributed by atoms with Crippen LogP contribution in [0.5, 0.6) is 5.75 Å². The van der Waals surface area contributed by atoms with E-state index < -0.39 is 12.0 Å². The van der Waals surface area contributed by atoms with Gasteiger partial charge in [0.15, 0.2) is 0 Å². The summed E-state index contributed by atoms with van der Waals surface area (Å²) in [5.41, 5.74) is 2.55. The zero-order valence-corrected chi connectivity index (χ0v) is 12.2. The van der Waals surface area contributed by atoms with Crippen LogP contribution in [-0.4, -0.2) is 30.3 Å². The summed E-state index contributed by atoms with van der Waals surface area (Å²) in [6.45, 7) is 2.01. The molecule has 2 rings (SSSR count). The third kappa shape index (κ3) is 3.31. The number of ether oxygens (including phenoxy) is 1. The lowest BCUT2D eigenvalue weighted by Gasteiger charge is -2.29. The van der Waals surface area contributed by atoms with Crippen molar-refractivity contribution in [3.05, 3.63) is 29.3 Å². The number of carbonyl (C=O) groups is 1. The van der Waals surface area contributed by atoms with Gasteiger partial charge in [0.2, 0.25) is 0 Å². The Bertz CT molecular complexity index is 473. The minimum Gasteiger partial charge on any atom is -0.496 e. The number of methoxy groups -OCH3 is 1. The lowest BCUT2D eigenvalue weighted by atomic mass is 9.87. The van der Waals surface area contributed by atoms with Gasteiger partial charge in [-0.2, -0.15) is 0 Å². The van der Waals surface area contributed by atoms with Crippen LogP contribution < -0.4 is 10.1 Å². The molecule has 0 heterocycles. The summed E-state index contributed by atoms with van der Waals surface area (Å²) < 4.78 is 5.39. The van der Waals surface area contributed by atoms with Crippen LogP contribution in [-0.2, 0) is 17.6 Å². The van der Waals surface area contributed by atoms with Crippen molar-refractivity contribution in [1.29, 1.82) is 0 Å². The van der Waals surface area contributed by atoms with Crippen LogP contribution >= 0.6 is 0 Å². The van der Waals surface area contributed by atoms with Gasteiger partial charge in [0, 0.05) is 6.04 Å². The molecule has 20 heavy (non-hydrogen) atoms. The highest BCUT2D eigenvalue weighted by molar-refractivity contribution is 5.73. The van der Waals surface area contributed by atoms with Gasteiger partial charge in [0.25, 0.3) is 0 Å². The molecule has 1 unspecified atom stereocenters. The van der Waals surface area contributed by atoms with Crippen molar-refractivity contribution >= 4 is 5.97 Å². The number of nitrogens with one attached hydrogen (secondary N) is 1. The normalized spacial score (nSPS) is 19.2. The molecule has 0 saturated heterocycles. The highest BCUT2D eigenvalue weighted by Gasteiger charge is 2.25. The SMILES string of the molecule is CCCC(N[C@H]1CCc2c(cccc2OC)C1)C(=O)O. The predicted octanol–water partition coefficient (Wildman–Crippen LogP) is 2.40. The standard InChI is InChI=1S/C16H23NO3/c1-3-5-14(16(18)19)17-12-8-9-13-11(10-12)6-4-7-15(13)20-2/h4,6-7,12,14,17H,3,5,8-10H2,1-2H3,(H,18,19)/t12-,14?/m0/s1. The van der Waals surface area contributed by atoms with E-state index in [0.717, 1.165) is 31.4 Å². The molecule has 0 radical (unpaired) electrons. The fourth-order valence-corrected chi connectivity index (χ4v) is 2.96. The third-order valence-electron chi connectivity index (χ3n) is 3.97. The van der Waals surface area contributed by atoms with Crippen molar-refractivity contribution < 1.29 is 14.6 Å². The van der Waals surface area contributed by atoms with Crippen LogP contribution in [0, 0.1) is 0 Å². The van der Waals surface area contributed by atoms with Crippen LogP contribution in [0.1, 0.15) is 37.3 Å². The molecule has 1 aliphatic rings. The Morgan fingerprint density at radius 1 is 1.55 bits per heavy atom. The Morgan fingerprint density at radius 3 is 3.00 bits per heavy atom. The lowest BCUT2D eigenvalue weighted by Crippen LogP contribution is -2.45. The van der Waals surface area contributed by atoms with Crippen LogP contribution in [0.25, 0.3) is 0 Å². The molecule has 1 aliphatic carbocycles. The maximum absolute atomic E-state index is 11.2. The Kier molecular flexibility index (Phi) is 5.01. The first-order valence-electron chi connectivity index (χ1n) is 7.29. The van der Waals surface area contributed by atoms with Gasteiger partial charge < -0.3 is 15.2 Å². The Labute approximate surface area is 120 Å². The van der Waals surface area contributed by atoms with Crippen LogP contribution in [0.4, 0.5) is 0 Å². The molecule has 0 spiro atoms. The fourth-order valence-electron chi connectivity index (χ4n) is 2.96. The molecule has 1 aromatic carbocycles. The molecule has 2 N–H and O–H groups in total. The number of carboxylic acid groups (broad SMARTS) is 1. The van der Waals surface area contributed by atoms with Gasteiger partial charge in [-0.25, -0.2) is 0 Å².